The van der Waals surface area contributed by atoms with E-state index in [4.69, 9.17) is 9.47 Å². The summed E-state index contributed by atoms with van der Waals surface area (Å²) < 4.78 is 26.9. The predicted octanol–water partition coefficient (Wildman–Crippen LogP) is 1.51. The first-order valence-corrected chi connectivity index (χ1v) is 10.3. The van der Waals surface area contributed by atoms with Gasteiger partial charge in [0.25, 0.3) is 5.91 Å². The minimum Gasteiger partial charge on any atom is -0.494 e. The molecule has 31 heavy (non-hydrogen) atoms. The molecule has 1 aromatic carbocycles. The van der Waals surface area contributed by atoms with Crippen molar-refractivity contribution in [3.8, 4) is 5.75 Å². The lowest BCUT2D eigenvalue weighted by Crippen LogP contribution is -2.45. The summed E-state index contributed by atoms with van der Waals surface area (Å²) >= 11 is 0. The lowest BCUT2D eigenvalue weighted by atomic mass is 10.0. The highest BCUT2D eigenvalue weighted by atomic mass is 19.1. The number of carbonyl (C=O) groups excluding carboxylic acids is 2. The molecule has 166 valence electrons. The smallest absolute Gasteiger partial charge is 0.254 e. The number of amides is 2. The molecule has 2 amide bonds. The lowest BCUT2D eigenvalue weighted by molar-refractivity contribution is -0.124. The van der Waals surface area contributed by atoms with Crippen molar-refractivity contribution in [3.05, 3.63) is 41.0 Å². The van der Waals surface area contributed by atoms with Crippen LogP contribution in [0.5, 0.6) is 5.75 Å². The van der Waals surface area contributed by atoms with Crippen molar-refractivity contribution in [2.45, 2.75) is 45.6 Å². The number of benzene rings is 1. The summed E-state index contributed by atoms with van der Waals surface area (Å²) in [4.78, 5) is 26.4. The molecule has 1 spiro atoms. The number of likely N-dealkylation sites (tertiary alicyclic amines) is 1. The molecular formula is C21H26FN5O4. The van der Waals surface area contributed by atoms with Crippen LogP contribution >= 0.6 is 0 Å². The van der Waals surface area contributed by atoms with E-state index in [1.807, 2.05) is 13.8 Å². The highest BCUT2D eigenvalue weighted by molar-refractivity contribution is 5.94. The standard InChI is InChI=1S/C21H26FN5O4/c1-13(2)19(28)23-9-16-17-10-31-21(12-27(17)25-24-16)6-7-26(11-21)20(29)14-4-5-18(30-3)15(22)8-14/h4-5,8,13H,6-7,9-12H2,1-3H3,(H,23,28). The zero-order chi connectivity index (χ0) is 22.2. The van der Waals surface area contributed by atoms with Gasteiger partial charge >= 0.3 is 0 Å². The zero-order valence-corrected chi connectivity index (χ0v) is 17.9. The van der Waals surface area contributed by atoms with E-state index in [1.54, 1.807) is 15.6 Å². The highest BCUT2D eigenvalue weighted by Crippen LogP contribution is 2.33. The highest BCUT2D eigenvalue weighted by Gasteiger charge is 2.45. The van der Waals surface area contributed by atoms with Gasteiger partial charge in [0.15, 0.2) is 11.6 Å². The molecule has 1 atom stereocenters. The quantitative estimate of drug-likeness (QED) is 0.771. The van der Waals surface area contributed by atoms with E-state index in [9.17, 15) is 14.0 Å². The molecule has 0 bridgehead atoms. The van der Waals surface area contributed by atoms with Crippen molar-refractivity contribution in [2.75, 3.05) is 20.2 Å². The molecule has 4 rings (SSSR count). The van der Waals surface area contributed by atoms with Gasteiger partial charge in [-0.1, -0.05) is 19.1 Å². The Hall–Kier alpha value is -3.01. The van der Waals surface area contributed by atoms with E-state index >= 15 is 0 Å². The second kappa shape index (κ2) is 8.26. The number of ether oxygens (including phenoxy) is 2. The first kappa shape index (κ1) is 21.2. The normalized spacial score (nSPS) is 20.2. The fourth-order valence-corrected chi connectivity index (χ4v) is 3.95. The Bertz CT molecular complexity index is 1010. The average molecular weight is 431 g/mol. The monoisotopic (exact) mass is 431 g/mol. The molecule has 10 heteroatoms. The third kappa shape index (κ3) is 4.12. The molecule has 0 saturated carbocycles. The second-order valence-electron chi connectivity index (χ2n) is 8.31. The van der Waals surface area contributed by atoms with Crippen LogP contribution in [0.1, 0.15) is 42.0 Å². The van der Waals surface area contributed by atoms with Gasteiger partial charge in [-0.3, -0.25) is 9.59 Å². The minimum atomic E-state index is -0.569. The topological polar surface area (TPSA) is 98.6 Å². The van der Waals surface area contributed by atoms with Crippen LogP contribution in [0.2, 0.25) is 0 Å². The largest absolute Gasteiger partial charge is 0.494 e. The van der Waals surface area contributed by atoms with E-state index in [1.165, 1.54) is 19.2 Å². The van der Waals surface area contributed by atoms with Crippen molar-refractivity contribution in [3.63, 3.8) is 0 Å². The van der Waals surface area contributed by atoms with Gasteiger partial charge in [0.05, 0.1) is 39.0 Å². The van der Waals surface area contributed by atoms with Crippen LogP contribution in [0.25, 0.3) is 0 Å². The fraction of sp³-hybridized carbons (Fsp3) is 0.524. The molecule has 0 radical (unpaired) electrons. The SMILES string of the molecule is COc1ccc(C(=O)N2CCC3(C2)Cn2nnc(CNC(=O)C(C)C)c2CO3)cc1F. The molecule has 1 fully saturated rings. The van der Waals surface area contributed by atoms with Crippen LogP contribution < -0.4 is 10.1 Å². The van der Waals surface area contributed by atoms with Crippen LogP contribution in [0, 0.1) is 11.7 Å². The number of rotatable bonds is 5. The van der Waals surface area contributed by atoms with Gasteiger partial charge < -0.3 is 19.7 Å². The number of halogens is 1. The van der Waals surface area contributed by atoms with Crippen LogP contribution in [0.3, 0.4) is 0 Å². The maximum Gasteiger partial charge on any atom is 0.254 e. The average Bonchev–Trinajstić information content (AvgIpc) is 3.35. The van der Waals surface area contributed by atoms with Gasteiger partial charge in [0.2, 0.25) is 5.91 Å². The molecule has 3 heterocycles. The Kier molecular flexibility index (Phi) is 5.65. The van der Waals surface area contributed by atoms with Crippen molar-refractivity contribution >= 4 is 11.8 Å². The summed E-state index contributed by atoms with van der Waals surface area (Å²) in [5.74, 6) is -0.866. The Morgan fingerprint density at radius 1 is 1.35 bits per heavy atom. The van der Waals surface area contributed by atoms with E-state index in [0.29, 0.717) is 44.9 Å². The van der Waals surface area contributed by atoms with E-state index in [2.05, 4.69) is 15.6 Å². The van der Waals surface area contributed by atoms with Crippen LogP contribution in [0.4, 0.5) is 4.39 Å². The molecule has 2 aliphatic rings. The summed E-state index contributed by atoms with van der Waals surface area (Å²) in [6.45, 7) is 5.63. The Labute approximate surface area is 179 Å². The Balaban J connectivity index is 1.42. The summed E-state index contributed by atoms with van der Waals surface area (Å²) in [7, 11) is 1.38. The second-order valence-corrected chi connectivity index (χ2v) is 8.31. The molecule has 1 aromatic heterocycles. The molecule has 9 nitrogen and oxygen atoms in total. The van der Waals surface area contributed by atoms with Gasteiger partial charge in [-0.15, -0.1) is 5.10 Å². The van der Waals surface area contributed by atoms with Gasteiger partial charge in [-0.2, -0.15) is 0 Å². The molecule has 0 aliphatic carbocycles. The van der Waals surface area contributed by atoms with Gasteiger partial charge in [-0.05, 0) is 24.6 Å². The Morgan fingerprint density at radius 2 is 2.16 bits per heavy atom. The molecular weight excluding hydrogens is 405 g/mol. The summed E-state index contributed by atoms with van der Waals surface area (Å²) in [6.07, 6.45) is 0.649. The first-order chi connectivity index (χ1) is 14.8. The first-order valence-electron chi connectivity index (χ1n) is 10.3. The fourth-order valence-electron chi connectivity index (χ4n) is 3.95. The van der Waals surface area contributed by atoms with Gasteiger partial charge in [0, 0.05) is 18.0 Å². The number of hydrogen-bond donors (Lipinski definition) is 1. The number of carbonyl (C=O) groups is 2. The van der Waals surface area contributed by atoms with Crippen molar-refractivity contribution in [1.82, 2.24) is 25.2 Å². The third-order valence-electron chi connectivity index (χ3n) is 5.83. The van der Waals surface area contributed by atoms with Crippen molar-refractivity contribution in [1.29, 1.82) is 0 Å². The summed E-state index contributed by atoms with van der Waals surface area (Å²) in [5, 5.41) is 11.3. The third-order valence-corrected chi connectivity index (χ3v) is 5.83. The van der Waals surface area contributed by atoms with Crippen LogP contribution in [-0.4, -0.2) is 57.5 Å². The summed E-state index contributed by atoms with van der Waals surface area (Å²) in [6, 6.07) is 4.21. The zero-order valence-electron chi connectivity index (χ0n) is 17.9. The van der Waals surface area contributed by atoms with Crippen molar-refractivity contribution < 1.29 is 23.5 Å². The molecule has 1 unspecified atom stereocenters. The van der Waals surface area contributed by atoms with Gasteiger partial charge in [0.1, 0.15) is 11.3 Å². The van der Waals surface area contributed by atoms with Crippen molar-refractivity contribution in [2.24, 2.45) is 5.92 Å². The maximum atomic E-state index is 14.0. The number of hydrogen-bond acceptors (Lipinski definition) is 6. The summed E-state index contributed by atoms with van der Waals surface area (Å²) in [5.41, 5.74) is 1.23. The van der Waals surface area contributed by atoms with E-state index < -0.39 is 11.4 Å². The number of methoxy groups -OCH3 is 1. The van der Waals surface area contributed by atoms with Crippen LogP contribution in [-0.2, 0) is 29.2 Å². The Morgan fingerprint density at radius 3 is 2.87 bits per heavy atom. The number of nitrogens with zero attached hydrogens (tertiary/aromatic N) is 4. The van der Waals surface area contributed by atoms with Gasteiger partial charge in [-0.25, -0.2) is 9.07 Å². The number of aromatic nitrogens is 3. The maximum absolute atomic E-state index is 14.0. The molecule has 2 aromatic rings. The molecule has 2 aliphatic heterocycles. The molecule has 1 N–H and O–H groups in total. The minimum absolute atomic E-state index is 0.0464. The van der Waals surface area contributed by atoms with Crippen LogP contribution in [0.15, 0.2) is 18.2 Å². The number of fused-ring (bicyclic) bond motifs is 1. The molecule has 1 saturated heterocycles. The number of nitrogens with one attached hydrogen (secondary N) is 1. The van der Waals surface area contributed by atoms with E-state index in [-0.39, 0.29) is 29.0 Å². The predicted molar refractivity (Wildman–Crippen MR) is 108 cm³/mol. The lowest BCUT2D eigenvalue weighted by Gasteiger charge is -2.34. The van der Waals surface area contributed by atoms with E-state index in [0.717, 1.165) is 5.69 Å².